The van der Waals surface area contributed by atoms with Gasteiger partial charge in [0.05, 0.1) is 12.0 Å². The Labute approximate surface area is 139 Å². The molecule has 2 rings (SSSR count). The van der Waals surface area contributed by atoms with Crippen LogP contribution in [0.15, 0.2) is 28.7 Å². The van der Waals surface area contributed by atoms with Crippen LogP contribution in [0.1, 0.15) is 31.9 Å². The summed E-state index contributed by atoms with van der Waals surface area (Å²) in [5.41, 5.74) is -0.0566. The number of fused-ring (bicyclic) bond motifs is 1. The molecule has 0 heterocycles. The van der Waals surface area contributed by atoms with Gasteiger partial charge < -0.3 is 10.4 Å². The molecular weight excluding hydrogens is 314 g/mol. The third-order valence-corrected chi connectivity index (χ3v) is 4.64. The lowest BCUT2D eigenvalue weighted by Crippen LogP contribution is -2.42. The average Bonchev–Trinajstić information content (AvgIpc) is 2.51. The number of ketones is 2. The first kappa shape index (κ1) is 17.3. The molecule has 0 saturated carbocycles. The number of hydrogen-bond acceptors (Lipinski definition) is 5. The molecule has 0 unspecified atom stereocenters. The predicted octanol–water partition coefficient (Wildman–Crippen LogP) is 2.24. The van der Waals surface area contributed by atoms with Crippen molar-refractivity contribution in [3.8, 4) is 0 Å². The number of amides is 1. The van der Waals surface area contributed by atoms with Gasteiger partial charge in [0.25, 0.3) is 5.91 Å². The highest BCUT2D eigenvalue weighted by atomic mass is 32.2. The number of Topliss-reactive ketones (excluding diaryl/α,β-unsaturated/α-hetero) is 2. The topological polar surface area (TPSA) is 83.5 Å². The smallest absolute Gasteiger partial charge is 0.259 e. The van der Waals surface area contributed by atoms with Crippen LogP contribution in [0, 0.1) is 0 Å². The van der Waals surface area contributed by atoms with Crippen molar-refractivity contribution in [2.75, 3.05) is 12.8 Å². The van der Waals surface area contributed by atoms with E-state index in [1.807, 2.05) is 12.3 Å². The Hall–Kier alpha value is -2.08. The lowest BCUT2D eigenvalue weighted by Gasteiger charge is -2.32. The average molecular weight is 333 g/mol. The molecule has 0 saturated heterocycles. The molecule has 1 aliphatic rings. The van der Waals surface area contributed by atoms with Crippen LogP contribution in [0.2, 0.25) is 0 Å². The van der Waals surface area contributed by atoms with Crippen molar-refractivity contribution in [1.29, 1.82) is 0 Å². The number of nitrogens with one attached hydrogen (secondary N) is 1. The zero-order valence-electron chi connectivity index (χ0n) is 13.5. The minimum atomic E-state index is -0.929. The minimum absolute atomic E-state index is 0.180. The summed E-state index contributed by atoms with van der Waals surface area (Å²) >= 11 is 1.50. The summed E-state index contributed by atoms with van der Waals surface area (Å²) in [5, 5.41) is 12.9. The Kier molecular flexibility index (Phi) is 4.66. The number of carbonyl (C=O) groups excluding carboxylic acids is 3. The second-order valence-electron chi connectivity index (χ2n) is 5.97. The highest BCUT2D eigenvalue weighted by molar-refractivity contribution is 7.98. The van der Waals surface area contributed by atoms with Crippen molar-refractivity contribution in [3.63, 3.8) is 0 Å². The van der Waals surface area contributed by atoms with E-state index in [0.717, 1.165) is 4.90 Å². The first-order valence-electron chi connectivity index (χ1n) is 7.14. The van der Waals surface area contributed by atoms with Gasteiger partial charge in [-0.2, -0.15) is 0 Å². The summed E-state index contributed by atoms with van der Waals surface area (Å²) in [5.74, 6) is -1.75. The zero-order chi connectivity index (χ0) is 17.4. The molecule has 1 aromatic carbocycles. The van der Waals surface area contributed by atoms with Crippen molar-refractivity contribution >= 4 is 35.0 Å². The van der Waals surface area contributed by atoms with Gasteiger partial charge in [0.1, 0.15) is 17.1 Å². The van der Waals surface area contributed by atoms with Crippen LogP contribution < -0.4 is 5.32 Å². The molecule has 0 bridgehead atoms. The highest BCUT2D eigenvalue weighted by Crippen LogP contribution is 2.40. The molecule has 0 atom stereocenters. The molecule has 0 aliphatic heterocycles. The molecule has 2 N–H and O–H groups in total. The van der Waals surface area contributed by atoms with Crippen molar-refractivity contribution < 1.29 is 19.5 Å². The lowest BCUT2D eigenvalue weighted by atomic mass is 9.71. The Morgan fingerprint density at radius 1 is 1.30 bits per heavy atom. The van der Waals surface area contributed by atoms with Gasteiger partial charge in [-0.3, -0.25) is 14.4 Å². The molecule has 6 heteroatoms. The van der Waals surface area contributed by atoms with Gasteiger partial charge in [-0.25, -0.2) is 0 Å². The SMILES string of the molecule is CSc1ccc2c(c1)C(O)=C(C(=O)NCC(C)=O)C(=O)C2(C)C. The summed E-state index contributed by atoms with van der Waals surface area (Å²) in [6, 6.07) is 5.45. The van der Waals surface area contributed by atoms with Crippen molar-refractivity contribution in [3.05, 3.63) is 34.9 Å². The number of aliphatic hydroxyl groups excluding tert-OH is 1. The largest absolute Gasteiger partial charge is 0.506 e. The fourth-order valence-corrected chi connectivity index (χ4v) is 3.01. The van der Waals surface area contributed by atoms with Gasteiger partial charge in [-0.1, -0.05) is 6.07 Å². The van der Waals surface area contributed by atoms with E-state index in [0.29, 0.717) is 11.1 Å². The second-order valence-corrected chi connectivity index (χ2v) is 6.85. The third-order valence-electron chi connectivity index (χ3n) is 3.91. The van der Waals surface area contributed by atoms with Gasteiger partial charge >= 0.3 is 0 Å². The van der Waals surface area contributed by atoms with Crippen LogP contribution in [0.3, 0.4) is 0 Å². The predicted molar refractivity (Wildman–Crippen MR) is 89.5 cm³/mol. The van der Waals surface area contributed by atoms with E-state index in [1.165, 1.54) is 18.7 Å². The number of thioether (sulfide) groups is 1. The fraction of sp³-hybridized carbons (Fsp3) is 0.353. The van der Waals surface area contributed by atoms with Crippen molar-refractivity contribution in [2.24, 2.45) is 0 Å². The van der Waals surface area contributed by atoms with Crippen LogP contribution in [0.5, 0.6) is 0 Å². The standard InChI is InChI=1S/C17H19NO4S/c1-9(19)8-18-16(22)13-14(20)11-7-10(23-4)5-6-12(11)17(2,3)15(13)21/h5-7,20H,8H2,1-4H3,(H,18,22). The number of carbonyl (C=O) groups is 3. The maximum atomic E-state index is 12.7. The summed E-state index contributed by atoms with van der Waals surface area (Å²) < 4.78 is 0. The van der Waals surface area contributed by atoms with Gasteiger partial charge in [-0.05, 0) is 44.7 Å². The van der Waals surface area contributed by atoms with Gasteiger partial charge in [0.2, 0.25) is 0 Å². The van der Waals surface area contributed by atoms with Crippen LogP contribution in [-0.2, 0) is 19.8 Å². The number of aliphatic hydroxyl groups is 1. The zero-order valence-corrected chi connectivity index (χ0v) is 14.3. The van der Waals surface area contributed by atoms with Crippen LogP contribution in [-0.4, -0.2) is 35.4 Å². The fourth-order valence-electron chi connectivity index (χ4n) is 2.57. The molecule has 0 aromatic heterocycles. The van der Waals surface area contributed by atoms with Crippen LogP contribution in [0.4, 0.5) is 0 Å². The maximum absolute atomic E-state index is 12.7. The van der Waals surface area contributed by atoms with E-state index in [9.17, 15) is 19.5 Å². The molecule has 0 spiro atoms. The molecule has 0 fully saturated rings. The lowest BCUT2D eigenvalue weighted by molar-refractivity contribution is -0.126. The quantitative estimate of drug-likeness (QED) is 0.652. The van der Waals surface area contributed by atoms with Gasteiger partial charge in [-0.15, -0.1) is 11.8 Å². The van der Waals surface area contributed by atoms with E-state index in [1.54, 1.807) is 26.0 Å². The minimum Gasteiger partial charge on any atom is -0.506 e. The van der Waals surface area contributed by atoms with E-state index in [2.05, 4.69) is 5.32 Å². The van der Waals surface area contributed by atoms with Crippen molar-refractivity contribution in [2.45, 2.75) is 31.1 Å². The van der Waals surface area contributed by atoms with E-state index < -0.39 is 17.1 Å². The molecule has 0 radical (unpaired) electrons. The maximum Gasteiger partial charge on any atom is 0.259 e. The summed E-state index contributed by atoms with van der Waals surface area (Å²) in [7, 11) is 0. The Morgan fingerprint density at radius 2 is 1.96 bits per heavy atom. The normalized spacial score (nSPS) is 16.1. The number of benzene rings is 1. The molecule has 1 aliphatic carbocycles. The van der Waals surface area contributed by atoms with E-state index in [-0.39, 0.29) is 23.7 Å². The first-order valence-corrected chi connectivity index (χ1v) is 8.37. The van der Waals surface area contributed by atoms with E-state index in [4.69, 9.17) is 0 Å². The number of rotatable bonds is 4. The second kappa shape index (κ2) is 6.20. The number of hydrogen-bond donors (Lipinski definition) is 2. The van der Waals surface area contributed by atoms with Gasteiger partial charge in [0, 0.05) is 10.5 Å². The molecule has 122 valence electrons. The molecular formula is C17H19NO4S. The summed E-state index contributed by atoms with van der Waals surface area (Å²) in [6.07, 6.45) is 1.90. The van der Waals surface area contributed by atoms with E-state index >= 15 is 0 Å². The Balaban J connectivity index is 2.58. The van der Waals surface area contributed by atoms with Crippen LogP contribution >= 0.6 is 11.8 Å². The van der Waals surface area contributed by atoms with Crippen molar-refractivity contribution in [1.82, 2.24) is 5.32 Å². The molecule has 1 aromatic rings. The molecule has 23 heavy (non-hydrogen) atoms. The molecule has 1 amide bonds. The van der Waals surface area contributed by atoms with Crippen LogP contribution in [0.25, 0.3) is 5.76 Å². The first-order chi connectivity index (χ1) is 10.7. The summed E-state index contributed by atoms with van der Waals surface area (Å²) in [4.78, 5) is 36.9. The Morgan fingerprint density at radius 3 is 2.52 bits per heavy atom. The summed E-state index contributed by atoms with van der Waals surface area (Å²) in [6.45, 7) is 4.59. The highest BCUT2D eigenvalue weighted by Gasteiger charge is 2.43. The molecule has 5 nitrogen and oxygen atoms in total. The Bertz CT molecular complexity index is 734. The third kappa shape index (κ3) is 3.03. The van der Waals surface area contributed by atoms with Gasteiger partial charge in [0.15, 0.2) is 5.78 Å². The monoisotopic (exact) mass is 333 g/mol.